The van der Waals surface area contributed by atoms with E-state index < -0.39 is 0 Å². The van der Waals surface area contributed by atoms with Gasteiger partial charge in [-0.15, -0.1) is 0 Å². The molecule has 1 fully saturated rings. The molecule has 3 unspecified atom stereocenters. The van der Waals surface area contributed by atoms with E-state index >= 15 is 0 Å². The number of rotatable bonds is 1. The molecule has 1 aliphatic rings. The van der Waals surface area contributed by atoms with Gasteiger partial charge in [0.1, 0.15) is 0 Å². The van der Waals surface area contributed by atoms with Gasteiger partial charge < -0.3 is 0 Å². The van der Waals surface area contributed by atoms with E-state index in [1.165, 1.54) is 45.0 Å². The van der Waals surface area contributed by atoms with Crippen molar-refractivity contribution in [1.29, 1.82) is 0 Å². The van der Waals surface area contributed by atoms with E-state index in [0.29, 0.717) is 0 Å². The number of hydrogen-bond acceptors (Lipinski definition) is 0. The second-order valence-electron chi connectivity index (χ2n) is 3.43. The maximum absolute atomic E-state index is 2.43. The Kier molecular flexibility index (Phi) is 2.99. The molecule has 0 aliphatic heterocycles. The molecule has 0 radical (unpaired) electrons. The Morgan fingerprint density at radius 1 is 1.44 bits per heavy atom. The van der Waals surface area contributed by atoms with Gasteiger partial charge in [0.05, 0.1) is 0 Å². The fraction of sp³-hybridized carbons (Fsp3) is 1.00. The third kappa shape index (κ3) is 1.92. The summed E-state index contributed by atoms with van der Waals surface area (Å²) in [5, 5.41) is 0. The van der Waals surface area contributed by atoms with Crippen LogP contribution in [0.1, 0.15) is 33.1 Å². The van der Waals surface area contributed by atoms with Crippen LogP contribution in [-0.4, -0.2) is 25.8 Å². The van der Waals surface area contributed by atoms with Gasteiger partial charge in [-0.25, -0.2) is 0 Å². The Bertz CT molecular complexity index is 88.6. The third-order valence-electron chi connectivity index (χ3n) is 2.60. The predicted molar refractivity (Wildman–Crippen MR) is 41.7 cm³/mol. The maximum atomic E-state index is 2.43. The molecule has 9 heavy (non-hydrogen) atoms. The molecule has 3 atom stereocenters. The van der Waals surface area contributed by atoms with Crippen LogP contribution in [0.2, 0.25) is 3.48 Å². The van der Waals surface area contributed by atoms with E-state index in [4.69, 9.17) is 0 Å². The Morgan fingerprint density at radius 2 is 2.11 bits per heavy atom. The zero-order valence-corrected chi connectivity index (χ0v) is 10.9. The number of hydrogen-bond donors (Lipinski definition) is 0. The standard InChI is InChI=1S/C8H15.Tl/c1-3-8-6-4-5-7(8)2;/h3,7-8H,4-6H2,1-2H3;. The first-order valence-electron chi connectivity index (χ1n) is 3.97. The van der Waals surface area contributed by atoms with Crippen molar-refractivity contribution in [2.45, 2.75) is 36.6 Å². The van der Waals surface area contributed by atoms with Crippen LogP contribution in [0.4, 0.5) is 0 Å². The Hall–Kier alpha value is 0.922. The van der Waals surface area contributed by atoms with Crippen LogP contribution in [0.3, 0.4) is 0 Å². The van der Waals surface area contributed by atoms with Crippen molar-refractivity contribution in [3.8, 4) is 0 Å². The van der Waals surface area contributed by atoms with E-state index in [1.54, 1.807) is 0 Å². The molecule has 0 aromatic heterocycles. The average Bonchev–Trinajstić information content (AvgIpc) is 2.13. The summed E-state index contributed by atoms with van der Waals surface area (Å²) in [5.74, 6) is 2.15. The Morgan fingerprint density at radius 3 is 2.33 bits per heavy atom. The van der Waals surface area contributed by atoms with Crippen molar-refractivity contribution in [2.24, 2.45) is 11.8 Å². The summed E-state index contributed by atoms with van der Waals surface area (Å²) in [5.41, 5.74) is 0. The molecule has 0 spiro atoms. The van der Waals surface area contributed by atoms with E-state index in [2.05, 4.69) is 13.8 Å². The molecule has 0 heterocycles. The summed E-state index contributed by atoms with van der Waals surface area (Å²) in [7, 11) is 0. The summed E-state index contributed by atoms with van der Waals surface area (Å²) < 4.78 is 1.09. The van der Waals surface area contributed by atoms with Gasteiger partial charge in [-0.1, -0.05) is 0 Å². The molecular formula is C8H15Tl. The van der Waals surface area contributed by atoms with Gasteiger partial charge in [0.2, 0.25) is 0 Å². The molecular weight excluding hydrogens is 300 g/mol. The summed E-state index contributed by atoms with van der Waals surface area (Å²) in [4.78, 5) is 0. The molecule has 1 heteroatoms. The summed E-state index contributed by atoms with van der Waals surface area (Å²) >= 11 is 1.21. The van der Waals surface area contributed by atoms with Crippen molar-refractivity contribution in [3.05, 3.63) is 0 Å². The van der Waals surface area contributed by atoms with Gasteiger partial charge in [0, 0.05) is 0 Å². The van der Waals surface area contributed by atoms with Crippen molar-refractivity contribution in [3.63, 3.8) is 0 Å². The summed E-state index contributed by atoms with van der Waals surface area (Å²) in [6.07, 6.45) is 4.53. The van der Waals surface area contributed by atoms with Gasteiger partial charge >= 0.3 is 74.2 Å². The predicted octanol–water partition coefficient (Wildman–Crippen LogP) is 2.40. The van der Waals surface area contributed by atoms with Crippen LogP contribution in [0.5, 0.6) is 0 Å². The van der Waals surface area contributed by atoms with E-state index in [1.807, 2.05) is 0 Å². The minimum absolute atomic E-state index is 1.05. The monoisotopic (exact) mass is 316 g/mol. The molecule has 0 N–H and O–H groups in total. The van der Waals surface area contributed by atoms with Crippen molar-refractivity contribution in [1.82, 2.24) is 0 Å². The van der Waals surface area contributed by atoms with Crippen LogP contribution >= 0.6 is 0 Å². The van der Waals surface area contributed by atoms with Gasteiger partial charge in [0.15, 0.2) is 0 Å². The SMILES string of the molecule is C[CH]([Tl])C1CCCC1C. The molecule has 0 bridgehead atoms. The van der Waals surface area contributed by atoms with E-state index in [0.717, 1.165) is 15.3 Å². The zero-order chi connectivity index (χ0) is 6.85. The molecule has 1 aliphatic carbocycles. The van der Waals surface area contributed by atoms with Gasteiger partial charge in [-0.2, -0.15) is 0 Å². The van der Waals surface area contributed by atoms with Crippen LogP contribution in [0.15, 0.2) is 0 Å². The van der Waals surface area contributed by atoms with Crippen molar-refractivity contribution >= 4 is 25.8 Å². The topological polar surface area (TPSA) is 0 Å². The van der Waals surface area contributed by atoms with Crippen LogP contribution < -0.4 is 0 Å². The van der Waals surface area contributed by atoms with Gasteiger partial charge in [-0.05, 0) is 0 Å². The zero-order valence-electron chi connectivity index (χ0n) is 6.43. The Labute approximate surface area is 74.1 Å². The van der Waals surface area contributed by atoms with E-state index in [9.17, 15) is 0 Å². The van der Waals surface area contributed by atoms with Crippen LogP contribution in [0.25, 0.3) is 0 Å². The molecule has 0 aromatic carbocycles. The molecule has 0 amide bonds. The Balaban J connectivity index is 2.40. The minimum atomic E-state index is 1.05. The van der Waals surface area contributed by atoms with Crippen molar-refractivity contribution in [2.75, 3.05) is 0 Å². The normalized spacial score (nSPS) is 38.8. The fourth-order valence-corrected chi connectivity index (χ4v) is 4.18. The first-order valence-corrected chi connectivity index (χ1v) is 6.56. The average molecular weight is 316 g/mol. The first kappa shape index (κ1) is 8.02. The van der Waals surface area contributed by atoms with E-state index in [-0.39, 0.29) is 0 Å². The van der Waals surface area contributed by atoms with Gasteiger partial charge in [-0.3, -0.25) is 0 Å². The van der Waals surface area contributed by atoms with Gasteiger partial charge in [0.25, 0.3) is 0 Å². The summed E-state index contributed by atoms with van der Waals surface area (Å²) in [6.45, 7) is 4.85. The van der Waals surface area contributed by atoms with Crippen LogP contribution in [0, 0.1) is 11.8 Å². The molecule has 1 saturated carbocycles. The molecule has 0 saturated heterocycles. The summed E-state index contributed by atoms with van der Waals surface area (Å²) in [6, 6.07) is 0. The van der Waals surface area contributed by atoms with Crippen molar-refractivity contribution < 1.29 is 0 Å². The van der Waals surface area contributed by atoms with Crippen LogP contribution in [-0.2, 0) is 0 Å². The second kappa shape index (κ2) is 3.35. The third-order valence-corrected chi connectivity index (χ3v) is 4.53. The quantitative estimate of drug-likeness (QED) is 0.652. The fourth-order valence-electron chi connectivity index (χ4n) is 1.96. The molecule has 0 nitrogen and oxygen atoms in total. The second-order valence-corrected chi connectivity index (χ2v) is 7.52. The molecule has 0 aromatic rings. The first-order chi connectivity index (χ1) is 4.22. The molecule has 50 valence electrons. The molecule has 1 rings (SSSR count).